The van der Waals surface area contributed by atoms with Gasteiger partial charge in [-0.25, -0.2) is 0 Å². The maximum absolute atomic E-state index is 12.0. The summed E-state index contributed by atoms with van der Waals surface area (Å²) in [5, 5.41) is 6.39. The van der Waals surface area contributed by atoms with Gasteiger partial charge in [-0.3, -0.25) is 9.79 Å². The monoisotopic (exact) mass is 466 g/mol. The van der Waals surface area contributed by atoms with E-state index in [2.05, 4.69) is 27.4 Å². The van der Waals surface area contributed by atoms with E-state index in [1.54, 1.807) is 0 Å². The van der Waals surface area contributed by atoms with Gasteiger partial charge in [0.15, 0.2) is 5.96 Å². The van der Waals surface area contributed by atoms with Gasteiger partial charge in [-0.05, 0) is 38.5 Å². The van der Waals surface area contributed by atoms with E-state index < -0.39 is 0 Å². The third-order valence-electron chi connectivity index (χ3n) is 4.64. The Labute approximate surface area is 169 Å². The lowest BCUT2D eigenvalue weighted by atomic mass is 10.2. The number of nitrogens with one attached hydrogen (secondary N) is 2. The third-order valence-corrected chi connectivity index (χ3v) is 4.64. The van der Waals surface area contributed by atoms with E-state index in [-0.39, 0.29) is 29.9 Å². The number of rotatable bonds is 10. The molecule has 0 aromatic heterocycles. The molecule has 1 amide bonds. The van der Waals surface area contributed by atoms with Crippen molar-refractivity contribution in [3.63, 3.8) is 0 Å². The predicted molar refractivity (Wildman–Crippen MR) is 113 cm³/mol. The summed E-state index contributed by atoms with van der Waals surface area (Å²) in [5.41, 5.74) is 0. The molecule has 2 N–H and O–H groups in total. The SMILES string of the molecule is CCNC(=NCCC(=O)NC1CCCC1)N(C)CCOCC1CC1.I. The highest BCUT2D eigenvalue weighted by atomic mass is 127. The van der Waals surface area contributed by atoms with E-state index in [1.165, 1.54) is 25.7 Å². The Morgan fingerprint density at radius 2 is 1.96 bits per heavy atom. The number of ether oxygens (including phenoxy) is 1. The van der Waals surface area contributed by atoms with E-state index in [0.29, 0.717) is 19.0 Å². The molecule has 0 atom stereocenters. The first-order chi connectivity index (χ1) is 11.7. The lowest BCUT2D eigenvalue weighted by Gasteiger charge is -2.22. The molecule has 2 aliphatic rings. The number of aliphatic imine (C=N–C) groups is 1. The van der Waals surface area contributed by atoms with Gasteiger partial charge in [-0.15, -0.1) is 24.0 Å². The topological polar surface area (TPSA) is 66.0 Å². The van der Waals surface area contributed by atoms with Crippen LogP contribution in [0.4, 0.5) is 0 Å². The molecule has 0 heterocycles. The summed E-state index contributed by atoms with van der Waals surface area (Å²) >= 11 is 0. The second-order valence-electron chi connectivity index (χ2n) is 6.97. The van der Waals surface area contributed by atoms with Crippen molar-refractivity contribution in [1.82, 2.24) is 15.5 Å². The lowest BCUT2D eigenvalue weighted by Crippen LogP contribution is -2.41. The summed E-state index contributed by atoms with van der Waals surface area (Å²) < 4.78 is 5.69. The Hall–Kier alpha value is -0.570. The number of guanidine groups is 1. The summed E-state index contributed by atoms with van der Waals surface area (Å²) in [4.78, 5) is 18.6. The molecule has 6 nitrogen and oxygen atoms in total. The summed E-state index contributed by atoms with van der Waals surface area (Å²) in [6, 6.07) is 0.390. The number of carbonyl (C=O) groups excluding carboxylic acids is 1. The van der Waals surface area contributed by atoms with Crippen molar-refractivity contribution in [1.29, 1.82) is 0 Å². The summed E-state index contributed by atoms with van der Waals surface area (Å²) in [6.07, 6.45) is 7.83. The van der Waals surface area contributed by atoms with Crippen molar-refractivity contribution in [3.05, 3.63) is 0 Å². The van der Waals surface area contributed by atoms with E-state index in [4.69, 9.17) is 4.74 Å². The number of halogens is 1. The van der Waals surface area contributed by atoms with Crippen LogP contribution in [0.2, 0.25) is 0 Å². The maximum Gasteiger partial charge on any atom is 0.222 e. The van der Waals surface area contributed by atoms with Crippen LogP contribution < -0.4 is 10.6 Å². The average molecular weight is 466 g/mol. The molecular weight excluding hydrogens is 431 g/mol. The second-order valence-corrected chi connectivity index (χ2v) is 6.97. The Balaban J connectivity index is 0.00000312. The van der Waals surface area contributed by atoms with Gasteiger partial charge in [0.25, 0.3) is 0 Å². The van der Waals surface area contributed by atoms with Gasteiger partial charge in [0.1, 0.15) is 0 Å². The van der Waals surface area contributed by atoms with E-state index in [0.717, 1.165) is 51.0 Å². The minimum absolute atomic E-state index is 0. The number of hydrogen-bond acceptors (Lipinski definition) is 3. The van der Waals surface area contributed by atoms with Crippen LogP contribution in [0.3, 0.4) is 0 Å². The zero-order valence-electron chi connectivity index (χ0n) is 15.8. The van der Waals surface area contributed by atoms with Crippen molar-refractivity contribution in [2.45, 2.75) is 57.9 Å². The first-order valence-corrected chi connectivity index (χ1v) is 9.55. The van der Waals surface area contributed by atoms with Gasteiger partial charge < -0.3 is 20.3 Å². The second kappa shape index (κ2) is 12.7. The number of nitrogens with zero attached hydrogens (tertiary/aromatic N) is 2. The highest BCUT2D eigenvalue weighted by Gasteiger charge is 2.21. The van der Waals surface area contributed by atoms with Crippen molar-refractivity contribution >= 4 is 35.8 Å². The first kappa shape index (κ1) is 22.5. The Morgan fingerprint density at radius 1 is 1.24 bits per heavy atom. The largest absolute Gasteiger partial charge is 0.379 e. The summed E-state index contributed by atoms with van der Waals surface area (Å²) in [7, 11) is 2.01. The smallest absolute Gasteiger partial charge is 0.222 e. The maximum atomic E-state index is 12.0. The fourth-order valence-electron chi connectivity index (χ4n) is 2.94. The minimum atomic E-state index is 0. The number of likely N-dealkylation sites (N-methyl/N-ethyl adjacent to an activating group) is 1. The van der Waals surface area contributed by atoms with Gasteiger partial charge in [-0.2, -0.15) is 0 Å². The van der Waals surface area contributed by atoms with E-state index in [9.17, 15) is 4.79 Å². The molecule has 0 spiro atoms. The zero-order valence-corrected chi connectivity index (χ0v) is 18.1. The van der Waals surface area contributed by atoms with Gasteiger partial charge >= 0.3 is 0 Å². The number of carbonyl (C=O) groups is 1. The zero-order chi connectivity index (χ0) is 17.2. The molecule has 25 heavy (non-hydrogen) atoms. The van der Waals surface area contributed by atoms with Gasteiger partial charge in [0, 0.05) is 39.2 Å². The third kappa shape index (κ3) is 9.63. The normalized spacial score (nSPS) is 17.9. The predicted octanol–water partition coefficient (Wildman–Crippen LogP) is 2.38. The molecule has 0 aliphatic heterocycles. The van der Waals surface area contributed by atoms with Crippen molar-refractivity contribution in [2.24, 2.45) is 10.9 Å². The van der Waals surface area contributed by atoms with Gasteiger partial charge in [0.05, 0.1) is 13.2 Å². The van der Waals surface area contributed by atoms with Crippen molar-refractivity contribution < 1.29 is 9.53 Å². The van der Waals surface area contributed by atoms with Crippen LogP contribution in [0.15, 0.2) is 4.99 Å². The Kier molecular flexibility index (Phi) is 11.4. The Bertz CT molecular complexity index is 410. The van der Waals surface area contributed by atoms with Crippen LogP contribution in [0.1, 0.15) is 51.9 Å². The molecule has 0 aromatic rings. The molecule has 2 rings (SSSR count). The number of amides is 1. The van der Waals surface area contributed by atoms with E-state index >= 15 is 0 Å². The lowest BCUT2D eigenvalue weighted by molar-refractivity contribution is -0.121. The molecule has 146 valence electrons. The molecule has 2 aliphatic carbocycles. The molecule has 0 aromatic carbocycles. The van der Waals surface area contributed by atoms with Crippen molar-refractivity contribution in [2.75, 3.05) is 39.9 Å². The average Bonchev–Trinajstić information content (AvgIpc) is 3.25. The number of hydrogen-bond donors (Lipinski definition) is 2. The first-order valence-electron chi connectivity index (χ1n) is 9.55. The molecule has 0 unspecified atom stereocenters. The molecule has 0 radical (unpaired) electrons. The standard InChI is InChI=1S/C18H34N4O2.HI/c1-3-19-18(22(2)12-13-24-14-15-8-9-15)20-11-10-17(23)21-16-6-4-5-7-16;/h15-16H,3-14H2,1-2H3,(H,19,20)(H,21,23);1H. The minimum Gasteiger partial charge on any atom is -0.379 e. The fraction of sp³-hybridized carbons (Fsp3) is 0.889. The molecule has 0 bridgehead atoms. The molecule has 2 saturated carbocycles. The van der Waals surface area contributed by atoms with Crippen LogP contribution >= 0.6 is 24.0 Å². The quantitative estimate of drug-likeness (QED) is 0.225. The summed E-state index contributed by atoms with van der Waals surface area (Å²) in [6.45, 7) is 5.82. The van der Waals surface area contributed by atoms with E-state index in [1.807, 2.05) is 7.05 Å². The van der Waals surface area contributed by atoms with Crippen LogP contribution in [0, 0.1) is 5.92 Å². The van der Waals surface area contributed by atoms with Crippen molar-refractivity contribution in [3.8, 4) is 0 Å². The van der Waals surface area contributed by atoms with Crippen LogP contribution in [0.25, 0.3) is 0 Å². The highest BCUT2D eigenvalue weighted by Crippen LogP contribution is 2.28. The van der Waals surface area contributed by atoms with Gasteiger partial charge in [-0.1, -0.05) is 12.8 Å². The molecule has 0 saturated heterocycles. The van der Waals surface area contributed by atoms with Crippen LogP contribution in [0.5, 0.6) is 0 Å². The highest BCUT2D eigenvalue weighted by molar-refractivity contribution is 14.0. The summed E-state index contributed by atoms with van der Waals surface area (Å²) in [5.74, 6) is 1.77. The Morgan fingerprint density at radius 3 is 2.60 bits per heavy atom. The van der Waals surface area contributed by atoms with Gasteiger partial charge in [0.2, 0.25) is 5.91 Å². The molecule has 7 heteroatoms. The van der Waals surface area contributed by atoms with Crippen LogP contribution in [-0.2, 0) is 9.53 Å². The molecule has 2 fully saturated rings. The fourth-order valence-corrected chi connectivity index (χ4v) is 2.94. The van der Waals surface area contributed by atoms with Crippen LogP contribution in [-0.4, -0.2) is 62.7 Å². The molecular formula is C18H35IN4O2.